The van der Waals surface area contributed by atoms with Crippen LogP contribution in [-0.2, 0) is 4.74 Å². The van der Waals surface area contributed by atoms with Gasteiger partial charge in [0.05, 0.1) is 12.2 Å². The summed E-state index contributed by atoms with van der Waals surface area (Å²) in [7, 11) is 0. The number of nitrogens with zero attached hydrogens (tertiary/aromatic N) is 1. The Kier molecular flexibility index (Phi) is 6.55. The number of carbonyl (C=O) groups is 1. The van der Waals surface area contributed by atoms with Gasteiger partial charge in [-0.05, 0) is 63.7 Å². The first-order valence-electron chi connectivity index (χ1n) is 5.13. The molecule has 0 aliphatic rings. The zero-order valence-corrected chi connectivity index (χ0v) is 13.3. The van der Waals surface area contributed by atoms with Gasteiger partial charge in [0.25, 0.3) is 0 Å². The van der Waals surface area contributed by atoms with Crippen LogP contribution in [0.2, 0.25) is 0 Å². The Labute approximate surface area is 123 Å². The maximum absolute atomic E-state index is 11.7. The second-order valence-electron chi connectivity index (χ2n) is 3.34. The molecule has 0 fully saturated rings. The Morgan fingerprint density at radius 3 is 2.50 bits per heavy atom. The summed E-state index contributed by atoms with van der Waals surface area (Å²) >= 11 is 4.18. The van der Waals surface area contributed by atoms with Crippen LogP contribution in [0.15, 0.2) is 12.1 Å². The second-order valence-corrected chi connectivity index (χ2v) is 5.55. The van der Waals surface area contributed by atoms with Crippen molar-refractivity contribution in [2.75, 3.05) is 6.61 Å². The number of ether oxygens (including phenoxy) is 1. The van der Waals surface area contributed by atoms with Gasteiger partial charge in [-0.2, -0.15) is 0 Å². The Hall–Kier alpha value is 0.0800. The van der Waals surface area contributed by atoms with Gasteiger partial charge in [-0.1, -0.05) is 19.8 Å². The van der Waals surface area contributed by atoms with Gasteiger partial charge in [0.2, 0.25) is 0 Å². The molecule has 0 aliphatic carbocycles. The van der Waals surface area contributed by atoms with E-state index in [1.807, 2.05) is 0 Å². The summed E-state index contributed by atoms with van der Waals surface area (Å²) in [6, 6.07) is 3.48. The normalized spacial score (nSPS) is 10.2. The molecule has 0 saturated heterocycles. The molecule has 0 spiro atoms. The molecule has 1 rings (SSSR count). The van der Waals surface area contributed by atoms with Crippen molar-refractivity contribution in [3.8, 4) is 0 Å². The molecule has 1 aromatic heterocycles. The molecule has 88 valence electrons. The molecule has 1 heterocycles. The van der Waals surface area contributed by atoms with Crippen molar-refractivity contribution in [1.82, 2.24) is 4.98 Å². The number of unbranched alkanes of at least 4 members (excludes halogenated alkanes) is 2. The first-order chi connectivity index (χ1) is 7.63. The molecule has 0 radical (unpaired) electrons. The second kappa shape index (κ2) is 7.41. The molecule has 0 unspecified atom stereocenters. The standard InChI is InChI=1S/C11H13I2NO2/c1-2-3-4-5-16-11(15)8-6-9(12)14-10(13)7-8/h6-7H,2-5H2,1H3. The fraction of sp³-hybridized carbons (Fsp3) is 0.455. The molecule has 16 heavy (non-hydrogen) atoms. The fourth-order valence-electron chi connectivity index (χ4n) is 1.18. The Morgan fingerprint density at radius 1 is 1.31 bits per heavy atom. The molecule has 0 atom stereocenters. The van der Waals surface area contributed by atoms with Crippen LogP contribution in [0, 0.1) is 7.40 Å². The number of aromatic nitrogens is 1. The lowest BCUT2D eigenvalue weighted by Gasteiger charge is -2.04. The predicted octanol–water partition coefficient (Wildman–Crippen LogP) is 3.64. The van der Waals surface area contributed by atoms with Gasteiger partial charge in [-0.15, -0.1) is 0 Å². The van der Waals surface area contributed by atoms with Crippen molar-refractivity contribution < 1.29 is 9.53 Å². The van der Waals surface area contributed by atoms with Gasteiger partial charge in [-0.3, -0.25) is 0 Å². The van der Waals surface area contributed by atoms with Crippen LogP contribution in [0.1, 0.15) is 36.5 Å². The minimum absolute atomic E-state index is 0.255. The van der Waals surface area contributed by atoms with Crippen LogP contribution >= 0.6 is 45.2 Å². The quantitative estimate of drug-likeness (QED) is 0.301. The van der Waals surface area contributed by atoms with Crippen LogP contribution in [-0.4, -0.2) is 17.6 Å². The van der Waals surface area contributed by atoms with Crippen LogP contribution in [0.25, 0.3) is 0 Å². The third kappa shape index (κ3) is 4.94. The fourth-order valence-corrected chi connectivity index (χ4v) is 2.84. The van der Waals surface area contributed by atoms with E-state index >= 15 is 0 Å². The highest BCUT2D eigenvalue weighted by Gasteiger charge is 2.09. The highest BCUT2D eigenvalue weighted by Crippen LogP contribution is 2.11. The topological polar surface area (TPSA) is 39.2 Å². The van der Waals surface area contributed by atoms with Crippen molar-refractivity contribution in [2.45, 2.75) is 26.2 Å². The molecule has 0 N–H and O–H groups in total. The van der Waals surface area contributed by atoms with E-state index in [1.54, 1.807) is 12.1 Å². The van der Waals surface area contributed by atoms with E-state index in [1.165, 1.54) is 0 Å². The summed E-state index contributed by atoms with van der Waals surface area (Å²) < 4.78 is 6.79. The van der Waals surface area contributed by atoms with Crippen LogP contribution in [0.5, 0.6) is 0 Å². The van der Waals surface area contributed by atoms with E-state index in [0.717, 1.165) is 26.7 Å². The van der Waals surface area contributed by atoms with E-state index in [-0.39, 0.29) is 5.97 Å². The third-order valence-electron chi connectivity index (χ3n) is 1.98. The lowest BCUT2D eigenvalue weighted by atomic mass is 10.2. The minimum atomic E-state index is -0.255. The zero-order chi connectivity index (χ0) is 12.0. The maximum atomic E-state index is 11.7. The van der Waals surface area contributed by atoms with Crippen molar-refractivity contribution in [3.63, 3.8) is 0 Å². The average Bonchev–Trinajstić information content (AvgIpc) is 2.22. The van der Waals surface area contributed by atoms with E-state index in [2.05, 4.69) is 57.1 Å². The molecule has 3 nitrogen and oxygen atoms in total. The molecule has 0 saturated carbocycles. The van der Waals surface area contributed by atoms with Crippen LogP contribution in [0.4, 0.5) is 0 Å². The molecule has 5 heteroatoms. The first-order valence-corrected chi connectivity index (χ1v) is 7.29. The number of esters is 1. The van der Waals surface area contributed by atoms with Gasteiger partial charge >= 0.3 is 5.97 Å². The lowest BCUT2D eigenvalue weighted by Crippen LogP contribution is -2.07. The van der Waals surface area contributed by atoms with E-state index in [0.29, 0.717) is 12.2 Å². The van der Waals surface area contributed by atoms with Crippen molar-refractivity contribution >= 4 is 51.2 Å². The Balaban J connectivity index is 2.52. The Morgan fingerprint density at radius 2 is 1.94 bits per heavy atom. The number of carbonyl (C=O) groups excluding carboxylic acids is 1. The SMILES string of the molecule is CCCCCOC(=O)c1cc(I)nc(I)c1. The van der Waals surface area contributed by atoms with Gasteiger partial charge in [0.15, 0.2) is 0 Å². The van der Waals surface area contributed by atoms with Crippen LogP contribution < -0.4 is 0 Å². The highest BCUT2D eigenvalue weighted by molar-refractivity contribution is 14.1. The summed E-state index contributed by atoms with van der Waals surface area (Å²) in [5, 5.41) is 0. The molecule has 0 amide bonds. The van der Waals surface area contributed by atoms with Gasteiger partial charge in [0, 0.05) is 0 Å². The molecule has 0 aliphatic heterocycles. The van der Waals surface area contributed by atoms with E-state index in [9.17, 15) is 4.79 Å². The molecule has 1 aromatic rings. The van der Waals surface area contributed by atoms with Gasteiger partial charge in [-0.25, -0.2) is 9.78 Å². The lowest BCUT2D eigenvalue weighted by molar-refractivity contribution is 0.0498. The predicted molar refractivity (Wildman–Crippen MR) is 79.5 cm³/mol. The summed E-state index contributed by atoms with van der Waals surface area (Å²) in [5.41, 5.74) is 0.584. The largest absolute Gasteiger partial charge is 0.462 e. The third-order valence-corrected chi connectivity index (χ3v) is 3.08. The average molecular weight is 445 g/mol. The van der Waals surface area contributed by atoms with Crippen molar-refractivity contribution in [3.05, 3.63) is 25.1 Å². The smallest absolute Gasteiger partial charge is 0.338 e. The minimum Gasteiger partial charge on any atom is -0.462 e. The number of hydrogen-bond acceptors (Lipinski definition) is 3. The maximum Gasteiger partial charge on any atom is 0.338 e. The van der Waals surface area contributed by atoms with Crippen molar-refractivity contribution in [1.29, 1.82) is 0 Å². The number of halogens is 2. The number of hydrogen-bond donors (Lipinski definition) is 0. The van der Waals surface area contributed by atoms with Gasteiger partial charge < -0.3 is 4.74 Å². The van der Waals surface area contributed by atoms with E-state index < -0.39 is 0 Å². The molecular weight excluding hydrogens is 432 g/mol. The summed E-state index contributed by atoms with van der Waals surface area (Å²) in [6.45, 7) is 2.62. The number of pyridine rings is 1. The molecular formula is C11H13I2NO2. The van der Waals surface area contributed by atoms with Crippen molar-refractivity contribution in [2.24, 2.45) is 0 Å². The first kappa shape index (κ1) is 14.1. The van der Waals surface area contributed by atoms with E-state index in [4.69, 9.17) is 4.74 Å². The molecule has 0 aromatic carbocycles. The van der Waals surface area contributed by atoms with Crippen LogP contribution in [0.3, 0.4) is 0 Å². The summed E-state index contributed by atoms with van der Waals surface area (Å²) in [5.74, 6) is -0.255. The number of rotatable bonds is 5. The summed E-state index contributed by atoms with van der Waals surface area (Å²) in [4.78, 5) is 15.8. The van der Waals surface area contributed by atoms with Gasteiger partial charge in [0.1, 0.15) is 7.40 Å². The monoisotopic (exact) mass is 445 g/mol. The zero-order valence-electron chi connectivity index (χ0n) is 9.00. The summed E-state index contributed by atoms with van der Waals surface area (Å²) in [6.07, 6.45) is 3.16. The highest BCUT2D eigenvalue weighted by atomic mass is 127. The Bertz CT molecular complexity index is 349. The molecule has 0 bridgehead atoms.